The molecule has 0 heterocycles. The van der Waals surface area contributed by atoms with Gasteiger partial charge in [0.2, 0.25) is 0 Å². The van der Waals surface area contributed by atoms with Crippen LogP contribution in [0.4, 0.5) is 5.69 Å². The number of halogens is 2. The lowest BCUT2D eigenvalue weighted by Crippen LogP contribution is -2.24. The van der Waals surface area contributed by atoms with Crippen molar-refractivity contribution >= 4 is 34.9 Å². The first kappa shape index (κ1) is 14.5. The maximum atomic E-state index is 12.1. The molecule has 2 atom stereocenters. The van der Waals surface area contributed by atoms with Gasteiger partial charge in [-0.05, 0) is 37.3 Å². The van der Waals surface area contributed by atoms with Crippen LogP contribution in [0.25, 0.3) is 0 Å². The minimum Gasteiger partial charge on any atom is -0.459 e. The third-order valence-electron chi connectivity index (χ3n) is 3.43. The van der Waals surface area contributed by atoms with Crippen molar-refractivity contribution < 1.29 is 9.53 Å². The Morgan fingerprint density at radius 3 is 2.79 bits per heavy atom. The summed E-state index contributed by atoms with van der Waals surface area (Å²) in [5, 5.41) is 0.468. The number of nitrogen functional groups attached to an aromatic ring is 1. The van der Waals surface area contributed by atoms with E-state index in [4.69, 9.17) is 33.7 Å². The van der Waals surface area contributed by atoms with Crippen molar-refractivity contribution in [3.63, 3.8) is 0 Å². The molecule has 0 radical (unpaired) electrons. The molecule has 3 nitrogen and oxygen atoms in total. The zero-order chi connectivity index (χ0) is 14.0. The van der Waals surface area contributed by atoms with Gasteiger partial charge >= 0.3 is 5.97 Å². The van der Waals surface area contributed by atoms with Crippen LogP contribution in [0.15, 0.2) is 12.1 Å². The standard InChI is InChI=1S/C14H17Cl2NO2/c1-8-3-2-4-10(5-8)19-14(18)11-6-9(17)7-12(15)13(11)16/h6-8,10H,2-5,17H2,1H3. The first-order valence-corrected chi connectivity index (χ1v) is 7.18. The zero-order valence-corrected chi connectivity index (χ0v) is 12.3. The van der Waals surface area contributed by atoms with Gasteiger partial charge < -0.3 is 10.5 Å². The molecular weight excluding hydrogens is 285 g/mol. The molecule has 2 N–H and O–H groups in total. The molecule has 0 amide bonds. The molecular formula is C14H17Cl2NO2. The Morgan fingerprint density at radius 1 is 1.37 bits per heavy atom. The van der Waals surface area contributed by atoms with E-state index in [-0.39, 0.29) is 21.7 Å². The Kier molecular flexibility index (Phi) is 4.58. The van der Waals surface area contributed by atoms with Crippen LogP contribution in [0.3, 0.4) is 0 Å². The molecule has 0 bridgehead atoms. The maximum absolute atomic E-state index is 12.1. The van der Waals surface area contributed by atoms with Gasteiger partial charge in [-0.15, -0.1) is 0 Å². The summed E-state index contributed by atoms with van der Waals surface area (Å²) < 4.78 is 5.50. The zero-order valence-electron chi connectivity index (χ0n) is 10.8. The molecule has 0 saturated heterocycles. The van der Waals surface area contributed by atoms with E-state index >= 15 is 0 Å². The van der Waals surface area contributed by atoms with E-state index in [2.05, 4.69) is 6.92 Å². The summed E-state index contributed by atoms with van der Waals surface area (Å²) in [5.41, 5.74) is 6.31. The minimum absolute atomic E-state index is 0.0347. The van der Waals surface area contributed by atoms with Gasteiger partial charge in [-0.2, -0.15) is 0 Å². The Morgan fingerprint density at radius 2 is 2.11 bits per heavy atom. The molecule has 2 unspecified atom stereocenters. The van der Waals surface area contributed by atoms with Crippen LogP contribution in [0, 0.1) is 5.92 Å². The summed E-state index contributed by atoms with van der Waals surface area (Å²) in [6.07, 6.45) is 4.06. The van der Waals surface area contributed by atoms with E-state index in [0.717, 1.165) is 19.3 Å². The van der Waals surface area contributed by atoms with Crippen molar-refractivity contribution in [1.82, 2.24) is 0 Å². The molecule has 19 heavy (non-hydrogen) atoms. The first-order valence-electron chi connectivity index (χ1n) is 6.43. The molecule has 104 valence electrons. The molecule has 1 aromatic carbocycles. The summed E-state index contributed by atoms with van der Waals surface area (Å²) in [6.45, 7) is 2.17. The van der Waals surface area contributed by atoms with Crippen LogP contribution in [-0.4, -0.2) is 12.1 Å². The average Bonchev–Trinajstić information content (AvgIpc) is 2.33. The highest BCUT2D eigenvalue weighted by molar-refractivity contribution is 6.44. The van der Waals surface area contributed by atoms with E-state index in [9.17, 15) is 4.79 Å². The van der Waals surface area contributed by atoms with E-state index in [0.29, 0.717) is 11.6 Å². The summed E-state index contributed by atoms with van der Waals surface area (Å²) in [6, 6.07) is 3.02. The van der Waals surface area contributed by atoms with Crippen molar-refractivity contribution in [2.24, 2.45) is 5.92 Å². The van der Waals surface area contributed by atoms with E-state index in [1.807, 2.05) is 0 Å². The van der Waals surface area contributed by atoms with E-state index < -0.39 is 5.97 Å². The number of hydrogen-bond donors (Lipinski definition) is 1. The average molecular weight is 302 g/mol. The molecule has 0 aromatic heterocycles. The van der Waals surface area contributed by atoms with Crippen molar-refractivity contribution in [2.75, 3.05) is 5.73 Å². The maximum Gasteiger partial charge on any atom is 0.340 e. The Balaban J connectivity index is 2.11. The van der Waals surface area contributed by atoms with E-state index in [1.54, 1.807) is 0 Å². The SMILES string of the molecule is CC1CCCC(OC(=O)c2cc(N)cc(Cl)c2Cl)C1. The molecule has 2 rings (SSSR count). The van der Waals surface area contributed by atoms with Gasteiger partial charge in [-0.3, -0.25) is 0 Å². The van der Waals surface area contributed by atoms with Crippen LogP contribution < -0.4 is 5.73 Å². The van der Waals surface area contributed by atoms with Crippen molar-refractivity contribution in [3.8, 4) is 0 Å². The van der Waals surface area contributed by atoms with Crippen LogP contribution in [0.5, 0.6) is 0 Å². The van der Waals surface area contributed by atoms with Gasteiger partial charge in [0, 0.05) is 5.69 Å². The predicted molar refractivity (Wildman–Crippen MR) is 77.7 cm³/mol. The highest BCUT2D eigenvalue weighted by Crippen LogP contribution is 2.31. The van der Waals surface area contributed by atoms with Gasteiger partial charge in [0.1, 0.15) is 6.10 Å². The molecule has 0 spiro atoms. The van der Waals surface area contributed by atoms with Gasteiger partial charge in [0.25, 0.3) is 0 Å². The molecule has 1 aliphatic carbocycles. The summed E-state index contributed by atoms with van der Waals surface area (Å²) in [5.74, 6) is 0.143. The molecule has 1 saturated carbocycles. The smallest absolute Gasteiger partial charge is 0.340 e. The summed E-state index contributed by atoms with van der Waals surface area (Å²) >= 11 is 11.9. The van der Waals surface area contributed by atoms with Crippen LogP contribution in [0.1, 0.15) is 43.0 Å². The lowest BCUT2D eigenvalue weighted by molar-refractivity contribution is 0.0155. The number of esters is 1. The number of rotatable bonds is 2. The number of carbonyl (C=O) groups is 1. The van der Waals surface area contributed by atoms with Crippen molar-refractivity contribution in [1.29, 1.82) is 0 Å². The Labute approximate surface area is 123 Å². The first-order chi connectivity index (χ1) is 8.97. The molecule has 0 aliphatic heterocycles. The van der Waals surface area contributed by atoms with Gasteiger partial charge in [0.05, 0.1) is 15.6 Å². The molecule has 1 aromatic rings. The minimum atomic E-state index is -0.446. The number of hydrogen-bond acceptors (Lipinski definition) is 3. The van der Waals surface area contributed by atoms with Gasteiger partial charge in [-0.25, -0.2) is 4.79 Å². The predicted octanol–water partition coefficient (Wildman–Crippen LogP) is 4.31. The third kappa shape index (κ3) is 3.54. The fourth-order valence-electron chi connectivity index (χ4n) is 2.46. The number of carbonyl (C=O) groups excluding carboxylic acids is 1. The van der Waals surface area contributed by atoms with Gasteiger partial charge in [-0.1, -0.05) is 36.5 Å². The van der Waals surface area contributed by atoms with Crippen LogP contribution in [0.2, 0.25) is 10.0 Å². The fourth-order valence-corrected chi connectivity index (χ4v) is 2.87. The number of ether oxygens (including phenoxy) is 1. The highest BCUT2D eigenvalue weighted by atomic mass is 35.5. The monoisotopic (exact) mass is 301 g/mol. The van der Waals surface area contributed by atoms with Gasteiger partial charge in [0.15, 0.2) is 0 Å². The molecule has 5 heteroatoms. The second kappa shape index (κ2) is 6.02. The topological polar surface area (TPSA) is 52.3 Å². The summed E-state index contributed by atoms with van der Waals surface area (Å²) in [7, 11) is 0. The fraction of sp³-hybridized carbons (Fsp3) is 0.500. The van der Waals surface area contributed by atoms with Crippen molar-refractivity contribution in [3.05, 3.63) is 27.7 Å². The Hall–Kier alpha value is -0.930. The number of nitrogens with two attached hydrogens (primary N) is 1. The normalized spacial score (nSPS) is 23.1. The number of benzene rings is 1. The van der Waals surface area contributed by atoms with Crippen LogP contribution >= 0.6 is 23.2 Å². The number of anilines is 1. The Bertz CT molecular complexity index is 491. The second-order valence-electron chi connectivity index (χ2n) is 5.16. The lowest BCUT2D eigenvalue weighted by atomic mass is 9.89. The van der Waals surface area contributed by atoms with E-state index in [1.165, 1.54) is 18.6 Å². The third-order valence-corrected chi connectivity index (χ3v) is 4.23. The molecule has 1 fully saturated rings. The second-order valence-corrected chi connectivity index (χ2v) is 5.95. The largest absolute Gasteiger partial charge is 0.459 e. The molecule has 1 aliphatic rings. The summed E-state index contributed by atoms with van der Waals surface area (Å²) in [4.78, 5) is 12.1. The lowest BCUT2D eigenvalue weighted by Gasteiger charge is -2.26. The quantitative estimate of drug-likeness (QED) is 0.654. The van der Waals surface area contributed by atoms with Crippen LogP contribution in [-0.2, 0) is 4.74 Å². The highest BCUT2D eigenvalue weighted by Gasteiger charge is 2.24. The van der Waals surface area contributed by atoms with Crippen molar-refractivity contribution in [2.45, 2.75) is 38.7 Å².